The highest BCUT2D eigenvalue weighted by Crippen LogP contribution is 2.29. The van der Waals surface area contributed by atoms with Gasteiger partial charge in [0.2, 0.25) is 0 Å². The van der Waals surface area contributed by atoms with Crippen molar-refractivity contribution in [3.8, 4) is 6.07 Å². The minimum Gasteiger partial charge on any atom is -0.369 e. The Balaban J connectivity index is 1.65. The summed E-state index contributed by atoms with van der Waals surface area (Å²) < 4.78 is 40.1. The summed E-state index contributed by atoms with van der Waals surface area (Å²) >= 11 is 0. The number of anilines is 1. The van der Waals surface area contributed by atoms with Crippen LogP contribution in [-0.4, -0.2) is 26.1 Å². The van der Waals surface area contributed by atoms with Crippen molar-refractivity contribution in [1.82, 2.24) is 19.6 Å². The van der Waals surface area contributed by atoms with Crippen molar-refractivity contribution < 1.29 is 13.2 Å². The number of alkyl halides is 3. The second-order valence-corrected chi connectivity index (χ2v) is 5.28. The number of hydrogen-bond acceptors (Lipinski definition) is 5. The summed E-state index contributed by atoms with van der Waals surface area (Å²) in [5, 5.41) is 19.9. The highest BCUT2D eigenvalue weighted by molar-refractivity contribution is 5.52. The van der Waals surface area contributed by atoms with E-state index in [2.05, 4.69) is 20.5 Å². The lowest BCUT2D eigenvalue weighted by Gasteiger charge is -2.11. The van der Waals surface area contributed by atoms with Gasteiger partial charge in [-0.2, -0.15) is 18.4 Å². The number of nitriles is 1. The fourth-order valence-corrected chi connectivity index (χ4v) is 2.36. The molecule has 3 heterocycles. The van der Waals surface area contributed by atoms with E-state index in [1.807, 2.05) is 34.9 Å². The molecule has 3 aromatic heterocycles. The Bertz CT molecular complexity index is 926. The number of aryl methyl sites for hydroxylation is 1. The summed E-state index contributed by atoms with van der Waals surface area (Å²) in [6, 6.07) is 9.31. The lowest BCUT2D eigenvalue weighted by molar-refractivity contribution is -0.141. The van der Waals surface area contributed by atoms with Crippen molar-refractivity contribution in [3.05, 3.63) is 53.6 Å². The molecule has 0 saturated carbocycles. The van der Waals surface area contributed by atoms with E-state index in [0.29, 0.717) is 19.4 Å². The summed E-state index contributed by atoms with van der Waals surface area (Å²) in [6.45, 7) is 0.352. The monoisotopic (exact) mass is 346 g/mol. The average Bonchev–Trinajstić information content (AvgIpc) is 3.01. The molecule has 128 valence electrons. The molecule has 0 fully saturated rings. The van der Waals surface area contributed by atoms with Crippen LogP contribution in [0.1, 0.15) is 23.5 Å². The zero-order valence-electron chi connectivity index (χ0n) is 13.0. The van der Waals surface area contributed by atoms with Crippen LogP contribution in [0.4, 0.5) is 19.0 Å². The van der Waals surface area contributed by atoms with E-state index in [-0.39, 0.29) is 11.4 Å². The molecule has 0 amide bonds. The Hall–Kier alpha value is -3.15. The van der Waals surface area contributed by atoms with Gasteiger partial charge in [0.05, 0.1) is 5.56 Å². The molecule has 1 N–H and O–H groups in total. The van der Waals surface area contributed by atoms with Crippen LogP contribution in [0.2, 0.25) is 0 Å². The Labute approximate surface area is 140 Å². The number of pyridine rings is 2. The van der Waals surface area contributed by atoms with Gasteiger partial charge in [0.15, 0.2) is 5.65 Å². The van der Waals surface area contributed by atoms with E-state index in [0.717, 1.165) is 23.6 Å². The van der Waals surface area contributed by atoms with Crippen LogP contribution in [0.15, 0.2) is 36.5 Å². The number of fused-ring (bicyclic) bond motifs is 1. The molecular formula is C16H13F3N6. The Morgan fingerprint density at radius 3 is 2.76 bits per heavy atom. The Kier molecular flexibility index (Phi) is 4.52. The molecule has 0 spiro atoms. The molecule has 3 rings (SSSR count). The molecule has 3 aromatic rings. The number of nitrogens with one attached hydrogen (secondary N) is 1. The van der Waals surface area contributed by atoms with Gasteiger partial charge >= 0.3 is 6.18 Å². The molecular weight excluding hydrogens is 333 g/mol. The van der Waals surface area contributed by atoms with Crippen LogP contribution in [0, 0.1) is 11.3 Å². The quantitative estimate of drug-likeness (QED) is 0.718. The van der Waals surface area contributed by atoms with Crippen molar-refractivity contribution in [2.75, 3.05) is 11.9 Å². The van der Waals surface area contributed by atoms with E-state index >= 15 is 0 Å². The second kappa shape index (κ2) is 6.76. The maximum absolute atomic E-state index is 12.7. The standard InChI is InChI=1S/C16H13F3N6/c17-16(18,19)12-7-6-11(10-20)15(22-12)21-8-3-5-14-24-23-13-4-1-2-9-25(13)14/h1-2,4,6-7,9H,3,5,8H2,(H,21,22). The highest BCUT2D eigenvalue weighted by atomic mass is 19.4. The summed E-state index contributed by atoms with van der Waals surface area (Å²) in [5.41, 5.74) is -0.227. The summed E-state index contributed by atoms with van der Waals surface area (Å²) in [4.78, 5) is 3.51. The van der Waals surface area contributed by atoms with Gasteiger partial charge in [-0.25, -0.2) is 4.98 Å². The Morgan fingerprint density at radius 1 is 1.16 bits per heavy atom. The highest BCUT2D eigenvalue weighted by Gasteiger charge is 2.33. The largest absolute Gasteiger partial charge is 0.433 e. The zero-order chi connectivity index (χ0) is 17.9. The maximum Gasteiger partial charge on any atom is 0.433 e. The van der Waals surface area contributed by atoms with E-state index in [4.69, 9.17) is 5.26 Å². The number of aromatic nitrogens is 4. The third kappa shape index (κ3) is 3.68. The van der Waals surface area contributed by atoms with Crippen LogP contribution in [0.25, 0.3) is 5.65 Å². The SMILES string of the molecule is N#Cc1ccc(C(F)(F)F)nc1NCCCc1nnc2ccccn12. The van der Waals surface area contributed by atoms with Gasteiger partial charge in [0.25, 0.3) is 0 Å². The zero-order valence-corrected chi connectivity index (χ0v) is 13.0. The van der Waals surface area contributed by atoms with E-state index in [1.54, 1.807) is 0 Å². The average molecular weight is 346 g/mol. The lowest BCUT2D eigenvalue weighted by Crippen LogP contribution is -2.12. The molecule has 0 bridgehead atoms. The fraction of sp³-hybridized carbons (Fsp3) is 0.250. The minimum atomic E-state index is -4.55. The van der Waals surface area contributed by atoms with E-state index in [1.165, 1.54) is 0 Å². The Morgan fingerprint density at radius 2 is 2.00 bits per heavy atom. The second-order valence-electron chi connectivity index (χ2n) is 5.28. The van der Waals surface area contributed by atoms with Crippen molar-refractivity contribution in [2.45, 2.75) is 19.0 Å². The van der Waals surface area contributed by atoms with Gasteiger partial charge in [-0.3, -0.25) is 4.40 Å². The van der Waals surface area contributed by atoms with Crippen LogP contribution < -0.4 is 5.32 Å². The topological polar surface area (TPSA) is 78.9 Å². The third-order valence-electron chi connectivity index (χ3n) is 3.56. The normalized spacial score (nSPS) is 11.4. The lowest BCUT2D eigenvalue weighted by atomic mass is 10.2. The predicted octanol–water partition coefficient (Wildman–Crippen LogP) is 3.06. The third-order valence-corrected chi connectivity index (χ3v) is 3.56. The van der Waals surface area contributed by atoms with E-state index in [9.17, 15) is 13.2 Å². The van der Waals surface area contributed by atoms with Gasteiger partial charge in [0.1, 0.15) is 23.4 Å². The van der Waals surface area contributed by atoms with Crippen LogP contribution in [0.3, 0.4) is 0 Å². The number of nitrogens with zero attached hydrogens (tertiary/aromatic N) is 5. The molecule has 6 nitrogen and oxygen atoms in total. The van der Waals surface area contributed by atoms with Crippen molar-refractivity contribution in [2.24, 2.45) is 0 Å². The number of hydrogen-bond donors (Lipinski definition) is 1. The summed E-state index contributed by atoms with van der Waals surface area (Å²) in [7, 11) is 0. The molecule has 0 aliphatic rings. The predicted molar refractivity (Wildman–Crippen MR) is 83.8 cm³/mol. The molecule has 0 aromatic carbocycles. The van der Waals surface area contributed by atoms with Crippen molar-refractivity contribution >= 4 is 11.5 Å². The van der Waals surface area contributed by atoms with Crippen LogP contribution >= 0.6 is 0 Å². The molecule has 0 atom stereocenters. The first-order valence-corrected chi connectivity index (χ1v) is 7.50. The molecule has 0 unspecified atom stereocenters. The smallest absolute Gasteiger partial charge is 0.369 e. The first-order chi connectivity index (χ1) is 12.0. The summed E-state index contributed by atoms with van der Waals surface area (Å²) in [5.74, 6) is 0.693. The van der Waals surface area contributed by atoms with E-state index < -0.39 is 11.9 Å². The van der Waals surface area contributed by atoms with Gasteiger partial charge in [0, 0.05) is 19.2 Å². The molecule has 0 radical (unpaired) electrons. The van der Waals surface area contributed by atoms with Gasteiger partial charge in [-0.15, -0.1) is 10.2 Å². The number of rotatable bonds is 5. The first-order valence-electron chi connectivity index (χ1n) is 7.50. The molecule has 25 heavy (non-hydrogen) atoms. The van der Waals surface area contributed by atoms with Crippen molar-refractivity contribution in [3.63, 3.8) is 0 Å². The summed E-state index contributed by atoms with van der Waals surface area (Å²) in [6.07, 6.45) is -1.53. The van der Waals surface area contributed by atoms with Crippen LogP contribution in [-0.2, 0) is 12.6 Å². The van der Waals surface area contributed by atoms with Crippen LogP contribution in [0.5, 0.6) is 0 Å². The molecule has 0 aliphatic heterocycles. The van der Waals surface area contributed by atoms with Gasteiger partial charge in [-0.1, -0.05) is 6.07 Å². The van der Waals surface area contributed by atoms with Crippen molar-refractivity contribution in [1.29, 1.82) is 5.26 Å². The molecule has 9 heteroatoms. The minimum absolute atomic E-state index is 0.0663. The fourth-order valence-electron chi connectivity index (χ4n) is 2.36. The van der Waals surface area contributed by atoms with Gasteiger partial charge in [-0.05, 0) is 30.7 Å². The molecule has 0 aliphatic carbocycles. The van der Waals surface area contributed by atoms with Gasteiger partial charge < -0.3 is 5.32 Å². The maximum atomic E-state index is 12.7. The first kappa shape index (κ1) is 16.7. The molecule has 0 saturated heterocycles. The number of halogens is 3.